The fourth-order valence-corrected chi connectivity index (χ4v) is 2.97. The second-order valence-electron chi connectivity index (χ2n) is 4.34. The second-order valence-corrected chi connectivity index (χ2v) is 6.39. The van der Waals surface area contributed by atoms with Gasteiger partial charge < -0.3 is 10.5 Å². The van der Waals surface area contributed by atoms with E-state index in [2.05, 4.69) is 0 Å². The Labute approximate surface area is 117 Å². The zero-order valence-electron chi connectivity index (χ0n) is 11.4. The van der Waals surface area contributed by atoms with Crippen molar-refractivity contribution in [2.45, 2.75) is 11.8 Å². The summed E-state index contributed by atoms with van der Waals surface area (Å²) < 4.78 is 43.9. The van der Waals surface area contributed by atoms with Crippen LogP contribution in [0, 0.1) is 23.1 Å². The fourth-order valence-electron chi connectivity index (χ4n) is 1.66. The third-order valence-corrected chi connectivity index (χ3v) is 4.51. The zero-order chi connectivity index (χ0) is 15.5. The van der Waals surface area contributed by atoms with Crippen LogP contribution in [-0.4, -0.2) is 33.4 Å². The van der Waals surface area contributed by atoms with E-state index in [0.29, 0.717) is 0 Å². The first kappa shape index (κ1) is 16.2. The number of nitrogens with zero attached hydrogens (tertiary/aromatic N) is 2. The minimum Gasteiger partial charge on any atom is -0.492 e. The Balaban J connectivity index is 3.20. The lowest BCUT2D eigenvalue weighted by Gasteiger charge is -2.19. The standard InChI is InChI=1S/C12H16FN3O3S/c1-8(6-14)7-16(2)20(17,18)9-4-10(13)12(19-3)11(15)5-9/h4-5,8H,7,15H2,1-3H3. The van der Waals surface area contributed by atoms with Crippen molar-refractivity contribution < 1.29 is 17.5 Å². The smallest absolute Gasteiger partial charge is 0.243 e. The first-order valence-electron chi connectivity index (χ1n) is 5.73. The highest BCUT2D eigenvalue weighted by molar-refractivity contribution is 7.89. The van der Waals surface area contributed by atoms with Crippen molar-refractivity contribution >= 4 is 15.7 Å². The first-order valence-corrected chi connectivity index (χ1v) is 7.17. The number of ether oxygens (including phenoxy) is 1. The molecule has 0 aliphatic carbocycles. The second kappa shape index (κ2) is 6.07. The predicted octanol–water partition coefficient (Wildman–Crippen LogP) is 1.20. The van der Waals surface area contributed by atoms with Gasteiger partial charge in [-0.15, -0.1) is 0 Å². The zero-order valence-corrected chi connectivity index (χ0v) is 12.2. The lowest BCUT2D eigenvalue weighted by Crippen LogP contribution is -2.31. The third-order valence-electron chi connectivity index (χ3n) is 2.71. The van der Waals surface area contributed by atoms with Gasteiger partial charge >= 0.3 is 0 Å². The van der Waals surface area contributed by atoms with Gasteiger partial charge in [0.2, 0.25) is 10.0 Å². The molecule has 0 saturated carbocycles. The Bertz CT molecular complexity index is 617. The van der Waals surface area contributed by atoms with E-state index in [1.807, 2.05) is 6.07 Å². The van der Waals surface area contributed by atoms with E-state index >= 15 is 0 Å². The summed E-state index contributed by atoms with van der Waals surface area (Å²) >= 11 is 0. The molecule has 0 saturated heterocycles. The third kappa shape index (κ3) is 3.18. The molecule has 1 aromatic rings. The Morgan fingerprint density at radius 2 is 2.15 bits per heavy atom. The number of methoxy groups -OCH3 is 1. The lowest BCUT2D eigenvalue weighted by atomic mass is 10.2. The molecule has 0 amide bonds. The Kier molecular flexibility index (Phi) is 4.92. The van der Waals surface area contributed by atoms with Gasteiger partial charge in [-0.2, -0.15) is 9.57 Å². The number of nitrogen functional groups attached to an aromatic ring is 1. The highest BCUT2D eigenvalue weighted by Gasteiger charge is 2.25. The quantitative estimate of drug-likeness (QED) is 0.824. The Hall–Kier alpha value is -1.85. The van der Waals surface area contributed by atoms with Crippen molar-refractivity contribution in [1.82, 2.24) is 4.31 Å². The highest BCUT2D eigenvalue weighted by atomic mass is 32.2. The number of hydrogen-bond acceptors (Lipinski definition) is 5. The highest BCUT2D eigenvalue weighted by Crippen LogP contribution is 2.29. The van der Waals surface area contributed by atoms with Gasteiger partial charge in [-0.3, -0.25) is 0 Å². The summed E-state index contributed by atoms with van der Waals surface area (Å²) in [6.45, 7) is 1.60. The van der Waals surface area contributed by atoms with E-state index < -0.39 is 21.8 Å². The maximum Gasteiger partial charge on any atom is 0.243 e. The van der Waals surface area contributed by atoms with E-state index in [1.54, 1.807) is 6.92 Å². The number of benzene rings is 1. The van der Waals surface area contributed by atoms with E-state index in [-0.39, 0.29) is 22.9 Å². The molecule has 0 aliphatic rings. The molecule has 6 nitrogen and oxygen atoms in total. The normalized spacial score (nSPS) is 13.0. The van der Waals surface area contributed by atoms with Gasteiger partial charge in [0.1, 0.15) is 0 Å². The maximum atomic E-state index is 13.7. The van der Waals surface area contributed by atoms with Gasteiger partial charge in [0, 0.05) is 13.6 Å². The van der Waals surface area contributed by atoms with Gasteiger partial charge in [0.25, 0.3) is 0 Å². The van der Waals surface area contributed by atoms with Crippen molar-refractivity contribution in [3.05, 3.63) is 17.9 Å². The Morgan fingerprint density at radius 1 is 1.55 bits per heavy atom. The van der Waals surface area contributed by atoms with Crippen LogP contribution in [-0.2, 0) is 10.0 Å². The van der Waals surface area contributed by atoms with E-state index in [9.17, 15) is 12.8 Å². The number of nitrogens with two attached hydrogens (primary N) is 1. The number of rotatable bonds is 5. The van der Waals surface area contributed by atoms with Crippen molar-refractivity contribution in [2.24, 2.45) is 5.92 Å². The van der Waals surface area contributed by atoms with E-state index in [4.69, 9.17) is 15.7 Å². The van der Waals surface area contributed by atoms with Crippen LogP contribution in [0.2, 0.25) is 0 Å². The molecule has 0 fully saturated rings. The molecule has 0 aromatic heterocycles. The largest absolute Gasteiger partial charge is 0.492 e. The molecule has 110 valence electrons. The molecule has 0 bridgehead atoms. The van der Waals surface area contributed by atoms with Crippen molar-refractivity contribution in [3.8, 4) is 11.8 Å². The van der Waals surface area contributed by atoms with Gasteiger partial charge in [0.15, 0.2) is 11.6 Å². The monoisotopic (exact) mass is 301 g/mol. The molecule has 0 radical (unpaired) electrons. The summed E-state index contributed by atoms with van der Waals surface area (Å²) in [6.07, 6.45) is 0. The number of sulfonamides is 1. The molecule has 1 atom stereocenters. The molecular formula is C12H16FN3O3S. The summed E-state index contributed by atoms with van der Waals surface area (Å²) in [6, 6.07) is 3.91. The van der Waals surface area contributed by atoms with Crippen LogP contribution in [0.3, 0.4) is 0 Å². The summed E-state index contributed by atoms with van der Waals surface area (Å²) in [4.78, 5) is -0.277. The molecule has 20 heavy (non-hydrogen) atoms. The fraction of sp³-hybridized carbons (Fsp3) is 0.417. The average Bonchev–Trinajstić information content (AvgIpc) is 2.37. The minimum absolute atomic E-state index is 0.00634. The maximum absolute atomic E-state index is 13.7. The van der Waals surface area contributed by atoms with Crippen LogP contribution < -0.4 is 10.5 Å². The molecule has 1 rings (SSSR count). The summed E-state index contributed by atoms with van der Waals surface area (Å²) in [7, 11) is -1.35. The van der Waals surface area contributed by atoms with Crippen molar-refractivity contribution in [2.75, 3.05) is 26.4 Å². The SMILES string of the molecule is COc1c(N)cc(S(=O)(=O)N(C)CC(C)C#N)cc1F. The van der Waals surface area contributed by atoms with Gasteiger partial charge in [-0.25, -0.2) is 12.8 Å². The van der Waals surface area contributed by atoms with Gasteiger partial charge in [0.05, 0.1) is 29.7 Å². The molecule has 0 heterocycles. The molecular weight excluding hydrogens is 285 g/mol. The van der Waals surface area contributed by atoms with E-state index in [1.165, 1.54) is 14.2 Å². The first-order chi connectivity index (χ1) is 9.23. The van der Waals surface area contributed by atoms with Crippen LogP contribution in [0.25, 0.3) is 0 Å². The minimum atomic E-state index is -3.91. The summed E-state index contributed by atoms with van der Waals surface area (Å²) in [5, 5.41) is 8.71. The topological polar surface area (TPSA) is 96.4 Å². The Morgan fingerprint density at radius 3 is 2.60 bits per heavy atom. The van der Waals surface area contributed by atoms with Crippen LogP contribution in [0.1, 0.15) is 6.92 Å². The van der Waals surface area contributed by atoms with Crippen LogP contribution in [0.5, 0.6) is 5.75 Å². The average molecular weight is 301 g/mol. The molecule has 0 spiro atoms. The van der Waals surface area contributed by atoms with Crippen LogP contribution >= 0.6 is 0 Å². The van der Waals surface area contributed by atoms with Gasteiger partial charge in [-0.1, -0.05) is 0 Å². The molecule has 1 unspecified atom stereocenters. The summed E-state index contributed by atoms with van der Waals surface area (Å²) in [5.74, 6) is -1.53. The molecule has 2 N–H and O–H groups in total. The number of halogens is 1. The van der Waals surface area contributed by atoms with Crippen molar-refractivity contribution in [3.63, 3.8) is 0 Å². The molecule has 0 aliphatic heterocycles. The number of anilines is 1. The van der Waals surface area contributed by atoms with Gasteiger partial charge in [-0.05, 0) is 19.1 Å². The predicted molar refractivity (Wildman–Crippen MR) is 72.0 cm³/mol. The van der Waals surface area contributed by atoms with Crippen molar-refractivity contribution in [1.29, 1.82) is 5.26 Å². The van der Waals surface area contributed by atoms with Crippen LogP contribution in [0.15, 0.2) is 17.0 Å². The molecule has 1 aromatic carbocycles. The summed E-state index contributed by atoms with van der Waals surface area (Å²) in [5.41, 5.74) is 5.45. The lowest BCUT2D eigenvalue weighted by molar-refractivity contribution is 0.387. The molecule has 8 heteroatoms. The number of nitriles is 1. The van der Waals surface area contributed by atoms with Crippen LogP contribution in [0.4, 0.5) is 10.1 Å². The number of hydrogen-bond donors (Lipinski definition) is 1. The van der Waals surface area contributed by atoms with E-state index in [0.717, 1.165) is 16.4 Å².